The molecule has 0 fully saturated rings. The van der Waals surface area contributed by atoms with Crippen LogP contribution in [-0.2, 0) is 6.18 Å². The van der Waals surface area contributed by atoms with E-state index in [0.717, 1.165) is 12.1 Å². The summed E-state index contributed by atoms with van der Waals surface area (Å²) in [7, 11) is 0. The number of benzene rings is 1. The zero-order valence-corrected chi connectivity index (χ0v) is 7.27. The van der Waals surface area contributed by atoms with E-state index in [1.807, 2.05) is 0 Å². The van der Waals surface area contributed by atoms with Crippen molar-refractivity contribution in [2.45, 2.75) is 12.6 Å². The largest absolute Gasteiger partial charge is 0.417 e. The lowest BCUT2D eigenvalue weighted by Gasteiger charge is -2.10. The van der Waals surface area contributed by atoms with E-state index in [-0.39, 0.29) is 12.0 Å². The van der Waals surface area contributed by atoms with E-state index in [1.54, 1.807) is 0 Å². The van der Waals surface area contributed by atoms with Gasteiger partial charge in [0.05, 0.1) is 5.56 Å². The van der Waals surface area contributed by atoms with Gasteiger partial charge in [0.15, 0.2) is 5.78 Å². The fourth-order valence-corrected chi connectivity index (χ4v) is 1.11. The van der Waals surface area contributed by atoms with Gasteiger partial charge in [-0.25, -0.2) is 0 Å². The molecule has 0 saturated heterocycles. The third kappa shape index (κ3) is 2.13. The molecule has 0 N–H and O–H groups in total. The molecule has 0 saturated carbocycles. The molecular formula is C10H8F3O. The van der Waals surface area contributed by atoms with Gasteiger partial charge in [-0.05, 0) is 13.0 Å². The van der Waals surface area contributed by atoms with Crippen molar-refractivity contribution in [1.29, 1.82) is 0 Å². The van der Waals surface area contributed by atoms with Crippen LogP contribution in [0, 0.1) is 6.92 Å². The van der Waals surface area contributed by atoms with Crippen LogP contribution in [0.4, 0.5) is 13.2 Å². The SMILES string of the molecule is [CH2]CC(=O)c1ccccc1C(F)(F)F. The third-order valence-electron chi connectivity index (χ3n) is 1.76. The van der Waals surface area contributed by atoms with Crippen LogP contribution in [0.3, 0.4) is 0 Å². The Bertz CT molecular complexity index is 341. The molecule has 0 aromatic heterocycles. The average Bonchev–Trinajstić information content (AvgIpc) is 2.15. The van der Waals surface area contributed by atoms with Gasteiger partial charge in [0.1, 0.15) is 0 Å². The zero-order valence-electron chi connectivity index (χ0n) is 7.27. The lowest BCUT2D eigenvalue weighted by Crippen LogP contribution is -2.12. The van der Waals surface area contributed by atoms with Gasteiger partial charge in [-0.15, -0.1) is 0 Å². The average molecular weight is 201 g/mol. The first-order valence-corrected chi connectivity index (χ1v) is 3.95. The summed E-state index contributed by atoms with van der Waals surface area (Å²) in [5.74, 6) is -0.599. The fraction of sp³-hybridized carbons (Fsp3) is 0.200. The van der Waals surface area contributed by atoms with Gasteiger partial charge >= 0.3 is 6.18 Å². The molecule has 0 spiro atoms. The molecule has 1 rings (SSSR count). The van der Waals surface area contributed by atoms with Crippen molar-refractivity contribution >= 4 is 5.78 Å². The highest BCUT2D eigenvalue weighted by Gasteiger charge is 2.34. The summed E-state index contributed by atoms with van der Waals surface area (Å²) in [5.41, 5.74) is -1.20. The van der Waals surface area contributed by atoms with E-state index in [4.69, 9.17) is 0 Å². The Kier molecular flexibility index (Phi) is 2.93. The Morgan fingerprint density at radius 3 is 2.36 bits per heavy atom. The molecule has 0 unspecified atom stereocenters. The van der Waals surface area contributed by atoms with Gasteiger partial charge in [-0.1, -0.05) is 18.2 Å². The molecule has 1 aromatic carbocycles. The molecule has 0 aliphatic heterocycles. The highest BCUT2D eigenvalue weighted by molar-refractivity contribution is 5.97. The van der Waals surface area contributed by atoms with Gasteiger partial charge in [-0.2, -0.15) is 13.2 Å². The number of rotatable bonds is 2. The van der Waals surface area contributed by atoms with Crippen LogP contribution in [0.5, 0.6) is 0 Å². The summed E-state index contributed by atoms with van der Waals surface area (Å²) in [6, 6.07) is 4.71. The monoisotopic (exact) mass is 201 g/mol. The number of alkyl halides is 3. The molecule has 0 aliphatic rings. The van der Waals surface area contributed by atoms with E-state index < -0.39 is 17.5 Å². The number of hydrogen-bond donors (Lipinski definition) is 0. The zero-order chi connectivity index (χ0) is 10.8. The van der Waals surface area contributed by atoms with Gasteiger partial charge < -0.3 is 0 Å². The normalized spacial score (nSPS) is 11.4. The Hall–Kier alpha value is -1.32. The Morgan fingerprint density at radius 2 is 1.86 bits per heavy atom. The van der Waals surface area contributed by atoms with Crippen LogP contribution >= 0.6 is 0 Å². The number of Topliss-reactive ketones (excluding diaryl/α,β-unsaturated/α-hetero) is 1. The van der Waals surface area contributed by atoms with Crippen LogP contribution in [-0.4, -0.2) is 5.78 Å². The Morgan fingerprint density at radius 1 is 1.29 bits per heavy atom. The number of ketones is 1. The van der Waals surface area contributed by atoms with Gasteiger partial charge in [0.2, 0.25) is 0 Å². The van der Waals surface area contributed by atoms with Gasteiger partial charge in [-0.3, -0.25) is 4.79 Å². The second-order valence-corrected chi connectivity index (χ2v) is 2.72. The topological polar surface area (TPSA) is 17.1 Å². The van der Waals surface area contributed by atoms with Gasteiger partial charge in [0.25, 0.3) is 0 Å². The van der Waals surface area contributed by atoms with Crippen LogP contribution in [0.15, 0.2) is 24.3 Å². The molecule has 1 nitrogen and oxygen atoms in total. The van der Waals surface area contributed by atoms with Gasteiger partial charge in [0, 0.05) is 12.0 Å². The molecule has 0 amide bonds. The minimum atomic E-state index is -4.48. The maximum absolute atomic E-state index is 12.4. The molecule has 0 bridgehead atoms. The predicted octanol–water partition coefficient (Wildman–Crippen LogP) is 3.11. The van der Waals surface area contributed by atoms with E-state index in [9.17, 15) is 18.0 Å². The quantitative estimate of drug-likeness (QED) is 0.672. The van der Waals surface area contributed by atoms with Crippen molar-refractivity contribution in [2.75, 3.05) is 0 Å². The van der Waals surface area contributed by atoms with E-state index >= 15 is 0 Å². The third-order valence-corrected chi connectivity index (χ3v) is 1.76. The lowest BCUT2D eigenvalue weighted by molar-refractivity contribution is -0.137. The maximum Gasteiger partial charge on any atom is 0.417 e. The van der Waals surface area contributed by atoms with Crippen LogP contribution < -0.4 is 0 Å². The van der Waals surface area contributed by atoms with Crippen LogP contribution in [0.25, 0.3) is 0 Å². The van der Waals surface area contributed by atoms with Crippen molar-refractivity contribution in [3.05, 3.63) is 42.3 Å². The highest BCUT2D eigenvalue weighted by atomic mass is 19.4. The Labute approximate surface area is 79.5 Å². The molecule has 75 valence electrons. The number of carbonyl (C=O) groups excluding carboxylic acids is 1. The molecule has 4 heteroatoms. The van der Waals surface area contributed by atoms with Crippen molar-refractivity contribution in [1.82, 2.24) is 0 Å². The van der Waals surface area contributed by atoms with Crippen LogP contribution in [0.1, 0.15) is 22.3 Å². The minimum Gasteiger partial charge on any atom is -0.294 e. The number of hydrogen-bond acceptors (Lipinski definition) is 1. The second kappa shape index (κ2) is 3.82. The molecular weight excluding hydrogens is 193 g/mol. The summed E-state index contributed by atoms with van der Waals surface area (Å²) in [5, 5.41) is 0. The van der Waals surface area contributed by atoms with Crippen LogP contribution in [0.2, 0.25) is 0 Å². The maximum atomic E-state index is 12.4. The van der Waals surface area contributed by atoms with Crippen molar-refractivity contribution in [2.24, 2.45) is 0 Å². The van der Waals surface area contributed by atoms with Crippen molar-refractivity contribution in [3.8, 4) is 0 Å². The molecule has 14 heavy (non-hydrogen) atoms. The number of halogens is 3. The Balaban J connectivity index is 3.23. The summed E-state index contributed by atoms with van der Waals surface area (Å²) in [4.78, 5) is 11.1. The van der Waals surface area contributed by atoms with Crippen molar-refractivity contribution in [3.63, 3.8) is 0 Å². The molecule has 1 radical (unpaired) electrons. The van der Waals surface area contributed by atoms with E-state index in [0.29, 0.717) is 0 Å². The predicted molar refractivity (Wildman–Crippen MR) is 45.7 cm³/mol. The molecule has 0 aliphatic carbocycles. The smallest absolute Gasteiger partial charge is 0.294 e. The van der Waals surface area contributed by atoms with E-state index in [1.165, 1.54) is 12.1 Å². The first kappa shape index (κ1) is 10.8. The summed E-state index contributed by atoms with van der Waals surface area (Å²) in [6.07, 6.45) is -4.66. The summed E-state index contributed by atoms with van der Waals surface area (Å²) >= 11 is 0. The molecule has 0 atom stereocenters. The highest BCUT2D eigenvalue weighted by Crippen LogP contribution is 2.32. The fourth-order valence-electron chi connectivity index (χ4n) is 1.11. The molecule has 1 aromatic rings. The van der Waals surface area contributed by atoms with E-state index in [2.05, 4.69) is 6.92 Å². The summed E-state index contributed by atoms with van der Waals surface area (Å²) in [6.45, 7) is 3.27. The first-order chi connectivity index (χ1) is 6.46. The summed E-state index contributed by atoms with van der Waals surface area (Å²) < 4.78 is 37.1. The molecule has 0 heterocycles. The minimum absolute atomic E-state index is 0.174. The lowest BCUT2D eigenvalue weighted by atomic mass is 10.0. The standard InChI is InChI=1S/C10H8F3O/c1-2-9(14)7-5-3-4-6-8(7)10(11,12)13/h3-6H,1-2H2. The number of carbonyl (C=O) groups is 1. The first-order valence-electron chi connectivity index (χ1n) is 3.95. The second-order valence-electron chi connectivity index (χ2n) is 2.72. The van der Waals surface area contributed by atoms with Crippen molar-refractivity contribution < 1.29 is 18.0 Å².